The van der Waals surface area contributed by atoms with Crippen LogP contribution in [0.2, 0.25) is 0 Å². The van der Waals surface area contributed by atoms with Gasteiger partial charge in [0.05, 0.1) is 29.2 Å². The van der Waals surface area contributed by atoms with E-state index < -0.39 is 0 Å². The zero-order chi connectivity index (χ0) is 21.5. The van der Waals surface area contributed by atoms with Gasteiger partial charge in [-0.2, -0.15) is 10.1 Å². The minimum absolute atomic E-state index is 0.242. The third kappa shape index (κ3) is 3.84. The largest absolute Gasteiger partial charge is 0.431 e. The van der Waals surface area contributed by atoms with Crippen LogP contribution in [0.1, 0.15) is 16.9 Å². The Morgan fingerprint density at radius 2 is 1.97 bits per heavy atom. The first-order valence-corrected chi connectivity index (χ1v) is 10.6. The number of carbonyl (C=O) groups is 1. The Morgan fingerprint density at radius 3 is 2.71 bits per heavy atom. The number of hydrogen-bond acceptors (Lipinski definition) is 8. The van der Waals surface area contributed by atoms with Crippen LogP contribution in [0.25, 0.3) is 10.9 Å². The predicted molar refractivity (Wildman–Crippen MR) is 118 cm³/mol. The first-order valence-electron chi connectivity index (χ1n) is 10.6. The van der Waals surface area contributed by atoms with Crippen LogP contribution in [0.4, 0.5) is 17.4 Å². The van der Waals surface area contributed by atoms with Gasteiger partial charge < -0.3 is 29.5 Å². The van der Waals surface area contributed by atoms with E-state index in [-0.39, 0.29) is 17.7 Å². The number of rotatable bonds is 4. The van der Waals surface area contributed by atoms with Gasteiger partial charge in [0.2, 0.25) is 0 Å². The monoisotopic (exact) mass is 425 g/mol. The number of aryl methyl sites for hydroxylation is 1. The number of aliphatic hydroxyl groups excluding tert-OH is 1. The number of β-amino-alcohol motifs (C(OH)–C–C–N with tert-alkyl or cyclic N) is 1. The summed E-state index contributed by atoms with van der Waals surface area (Å²) in [7, 11) is 3.95. The van der Waals surface area contributed by atoms with E-state index in [0.717, 1.165) is 49.3 Å². The summed E-state index contributed by atoms with van der Waals surface area (Å²) in [6.07, 6.45) is 3.55. The summed E-state index contributed by atoms with van der Waals surface area (Å²) in [5.41, 5.74) is 2.69. The van der Waals surface area contributed by atoms with Crippen molar-refractivity contribution in [3.63, 3.8) is 0 Å². The Hall–Kier alpha value is -3.11. The molecule has 10 heteroatoms. The summed E-state index contributed by atoms with van der Waals surface area (Å²) in [4.78, 5) is 23.8. The molecular formula is C21H27N7O3. The number of fused-ring (bicyclic) bond motifs is 1. The van der Waals surface area contributed by atoms with E-state index in [1.165, 1.54) is 6.26 Å². The summed E-state index contributed by atoms with van der Waals surface area (Å²) in [5, 5.41) is 18.3. The number of hydrogen-bond donors (Lipinski definition) is 2. The van der Waals surface area contributed by atoms with E-state index in [1.807, 2.05) is 19.2 Å². The van der Waals surface area contributed by atoms with E-state index in [1.54, 1.807) is 10.9 Å². The number of nitrogens with one attached hydrogen (secondary N) is 1. The Kier molecular flexibility index (Phi) is 5.03. The summed E-state index contributed by atoms with van der Waals surface area (Å²) < 4.78 is 7.37. The zero-order valence-electron chi connectivity index (χ0n) is 17.8. The number of aliphatic hydroxyl groups is 1. The second kappa shape index (κ2) is 7.86. The van der Waals surface area contributed by atoms with Crippen LogP contribution in [0, 0.1) is 0 Å². The SMILES string of the molecule is CN1CCN(c2nc(C(=O)Nc3cc4c(cnn4C)cc3N3CCC(O)C3)co2)CC1. The first-order chi connectivity index (χ1) is 15.0. The van der Waals surface area contributed by atoms with Crippen molar-refractivity contribution in [2.45, 2.75) is 12.5 Å². The number of oxazole rings is 1. The summed E-state index contributed by atoms with van der Waals surface area (Å²) in [5.74, 6) is -0.327. The average molecular weight is 425 g/mol. The van der Waals surface area contributed by atoms with Crippen LogP contribution in [0.15, 0.2) is 29.0 Å². The van der Waals surface area contributed by atoms with E-state index in [4.69, 9.17) is 4.42 Å². The Morgan fingerprint density at radius 1 is 1.16 bits per heavy atom. The molecule has 3 aromatic rings. The smallest absolute Gasteiger partial charge is 0.298 e. The molecule has 0 spiro atoms. The van der Waals surface area contributed by atoms with Crippen LogP contribution in [-0.4, -0.2) is 83.1 Å². The highest BCUT2D eigenvalue weighted by Gasteiger charge is 2.25. The van der Waals surface area contributed by atoms with Crippen molar-refractivity contribution < 1.29 is 14.3 Å². The van der Waals surface area contributed by atoms with Crippen LogP contribution in [0.3, 0.4) is 0 Å². The highest BCUT2D eigenvalue weighted by Crippen LogP contribution is 2.34. The zero-order valence-corrected chi connectivity index (χ0v) is 17.8. The molecule has 31 heavy (non-hydrogen) atoms. The van der Waals surface area contributed by atoms with Gasteiger partial charge in [0, 0.05) is 51.7 Å². The van der Waals surface area contributed by atoms with Gasteiger partial charge in [0.1, 0.15) is 6.26 Å². The van der Waals surface area contributed by atoms with Crippen molar-refractivity contribution in [1.82, 2.24) is 19.7 Å². The number of amides is 1. The fourth-order valence-electron chi connectivity index (χ4n) is 4.21. The van der Waals surface area contributed by atoms with Gasteiger partial charge in [-0.1, -0.05) is 0 Å². The van der Waals surface area contributed by atoms with E-state index in [2.05, 4.69) is 37.1 Å². The average Bonchev–Trinajstić information content (AvgIpc) is 3.49. The molecule has 1 amide bonds. The van der Waals surface area contributed by atoms with Crippen molar-refractivity contribution in [1.29, 1.82) is 0 Å². The fourth-order valence-corrected chi connectivity index (χ4v) is 4.21. The topological polar surface area (TPSA) is 103 Å². The molecular weight excluding hydrogens is 398 g/mol. The fraction of sp³-hybridized carbons (Fsp3) is 0.476. The molecule has 4 heterocycles. The molecule has 5 rings (SSSR count). The van der Waals surface area contributed by atoms with Gasteiger partial charge in [-0.3, -0.25) is 9.48 Å². The van der Waals surface area contributed by atoms with Crippen LogP contribution >= 0.6 is 0 Å². The molecule has 2 N–H and O–H groups in total. The van der Waals surface area contributed by atoms with Gasteiger partial charge in [0.15, 0.2) is 5.69 Å². The maximum Gasteiger partial charge on any atom is 0.298 e. The number of benzene rings is 1. The molecule has 1 unspecified atom stereocenters. The third-order valence-corrected chi connectivity index (χ3v) is 6.11. The van der Waals surface area contributed by atoms with Gasteiger partial charge in [0.25, 0.3) is 11.9 Å². The molecule has 0 radical (unpaired) electrons. The first kappa shape index (κ1) is 19.8. The van der Waals surface area contributed by atoms with Gasteiger partial charge >= 0.3 is 0 Å². The molecule has 2 aliphatic rings. The van der Waals surface area contributed by atoms with Crippen molar-refractivity contribution >= 4 is 34.2 Å². The normalized spacial score (nSPS) is 20.0. The van der Waals surface area contributed by atoms with Gasteiger partial charge in [-0.25, -0.2) is 0 Å². The van der Waals surface area contributed by atoms with Crippen LogP contribution in [0.5, 0.6) is 0 Å². The van der Waals surface area contributed by atoms with E-state index in [9.17, 15) is 9.90 Å². The predicted octanol–water partition coefficient (Wildman–Crippen LogP) is 1.14. The van der Waals surface area contributed by atoms with Gasteiger partial charge in [-0.05, 0) is 25.6 Å². The van der Waals surface area contributed by atoms with Crippen LogP contribution in [-0.2, 0) is 7.05 Å². The number of carbonyl (C=O) groups excluding carboxylic acids is 1. The van der Waals surface area contributed by atoms with Crippen molar-refractivity contribution in [3.05, 3.63) is 30.3 Å². The lowest BCUT2D eigenvalue weighted by Gasteiger charge is -2.31. The lowest BCUT2D eigenvalue weighted by atomic mass is 10.1. The molecule has 164 valence electrons. The van der Waals surface area contributed by atoms with Crippen molar-refractivity contribution in [3.8, 4) is 0 Å². The number of anilines is 3. The standard InChI is InChI=1S/C21H27N7O3/c1-25-5-7-27(8-6-25)21-24-17(13-31-21)20(30)23-16-10-18-14(11-22-26(18)2)9-19(16)28-4-3-15(29)12-28/h9-11,13,15,29H,3-8,12H2,1-2H3,(H,23,30). The Bertz CT molecular complexity index is 1100. The number of aromatic nitrogens is 3. The van der Waals surface area contributed by atoms with E-state index in [0.29, 0.717) is 24.7 Å². The second-order valence-corrected chi connectivity index (χ2v) is 8.34. The van der Waals surface area contributed by atoms with Crippen molar-refractivity contribution in [2.75, 3.05) is 61.4 Å². The summed E-state index contributed by atoms with van der Waals surface area (Å²) in [6, 6.07) is 4.40. The second-order valence-electron chi connectivity index (χ2n) is 8.34. The summed E-state index contributed by atoms with van der Waals surface area (Å²) in [6.45, 7) is 4.76. The minimum Gasteiger partial charge on any atom is -0.431 e. The summed E-state index contributed by atoms with van der Waals surface area (Å²) >= 11 is 0. The molecule has 0 saturated carbocycles. The number of likely N-dealkylation sites (N-methyl/N-ethyl adjacent to an activating group) is 1. The highest BCUT2D eigenvalue weighted by atomic mass is 16.4. The molecule has 2 saturated heterocycles. The molecule has 1 aromatic carbocycles. The molecule has 2 aromatic heterocycles. The molecule has 2 aliphatic heterocycles. The van der Waals surface area contributed by atoms with Crippen LogP contribution < -0.4 is 15.1 Å². The third-order valence-electron chi connectivity index (χ3n) is 6.11. The maximum atomic E-state index is 13.0. The number of nitrogens with zero attached hydrogens (tertiary/aromatic N) is 6. The highest BCUT2D eigenvalue weighted by molar-refractivity contribution is 6.06. The molecule has 2 fully saturated rings. The Labute approximate surface area is 180 Å². The quantitative estimate of drug-likeness (QED) is 0.642. The lowest BCUT2D eigenvalue weighted by Crippen LogP contribution is -2.44. The van der Waals surface area contributed by atoms with Crippen molar-refractivity contribution in [2.24, 2.45) is 7.05 Å². The lowest BCUT2D eigenvalue weighted by molar-refractivity contribution is 0.102. The molecule has 10 nitrogen and oxygen atoms in total. The Balaban J connectivity index is 1.40. The molecule has 1 atom stereocenters. The van der Waals surface area contributed by atoms with Gasteiger partial charge in [-0.15, -0.1) is 0 Å². The molecule has 0 bridgehead atoms. The maximum absolute atomic E-state index is 13.0. The minimum atomic E-state index is -0.366. The van der Waals surface area contributed by atoms with E-state index >= 15 is 0 Å². The number of piperazine rings is 1. The molecule has 0 aliphatic carbocycles.